The monoisotopic (exact) mass is 446 g/mol. The van der Waals surface area contributed by atoms with Gasteiger partial charge >= 0.3 is 11.9 Å². The van der Waals surface area contributed by atoms with E-state index in [0.717, 1.165) is 22.7 Å². The molecule has 168 valence electrons. The Kier molecular flexibility index (Phi) is 6.35. The molecule has 0 aliphatic carbocycles. The van der Waals surface area contributed by atoms with Gasteiger partial charge in [-0.15, -0.1) is 0 Å². The Morgan fingerprint density at radius 2 is 1.79 bits per heavy atom. The first-order valence-corrected chi connectivity index (χ1v) is 10.4. The van der Waals surface area contributed by atoms with E-state index in [4.69, 9.17) is 9.47 Å². The predicted octanol–water partition coefficient (Wildman–Crippen LogP) is 2.53. The van der Waals surface area contributed by atoms with E-state index in [-0.39, 0.29) is 23.8 Å². The number of hydrogen-bond acceptors (Lipinski definition) is 6. The molecule has 1 amide bonds. The summed E-state index contributed by atoms with van der Waals surface area (Å²) in [5.41, 5.74) is 3.43. The number of carbonyl (C=O) groups excluding carboxylic acids is 4. The van der Waals surface area contributed by atoms with E-state index >= 15 is 0 Å². The molecule has 8 heteroatoms. The number of ether oxygens (including phenoxy) is 2. The number of nitrogens with zero attached hydrogens (tertiary/aromatic N) is 1. The lowest BCUT2D eigenvalue weighted by atomic mass is 10.1. The molecule has 33 heavy (non-hydrogen) atoms. The smallest absolute Gasteiger partial charge is 0.333 e. The molecule has 0 saturated heterocycles. The maximum Gasteiger partial charge on any atom is 0.333 e. The minimum absolute atomic E-state index is 0.0590. The Labute approximate surface area is 189 Å². The molecule has 1 aliphatic rings. The van der Waals surface area contributed by atoms with Crippen molar-refractivity contribution in [3.63, 3.8) is 0 Å². The Bertz CT molecular complexity index is 1270. The van der Waals surface area contributed by atoms with Crippen LogP contribution >= 0.6 is 0 Å². The number of cyclic esters (lactones) is 1. The maximum absolute atomic E-state index is 12.9. The molecule has 0 unspecified atom stereocenters. The van der Waals surface area contributed by atoms with Gasteiger partial charge in [0.25, 0.3) is 11.7 Å². The van der Waals surface area contributed by atoms with Crippen molar-refractivity contribution in [2.24, 2.45) is 0 Å². The van der Waals surface area contributed by atoms with Crippen molar-refractivity contribution < 1.29 is 28.7 Å². The minimum atomic E-state index is -0.820. The van der Waals surface area contributed by atoms with Crippen LogP contribution in [-0.4, -0.2) is 41.4 Å². The van der Waals surface area contributed by atoms with Gasteiger partial charge < -0.3 is 19.4 Å². The SMILES string of the molecule is CC(=O)OCCc1ccc(Cn2cc(C(=O)C(=O)NC3=CC(=O)OC3)c3ccccc32)cc1. The van der Waals surface area contributed by atoms with E-state index in [2.05, 4.69) is 5.32 Å². The van der Waals surface area contributed by atoms with Crippen molar-refractivity contribution in [2.75, 3.05) is 13.2 Å². The molecule has 2 aromatic carbocycles. The van der Waals surface area contributed by atoms with Gasteiger partial charge in [-0.3, -0.25) is 14.4 Å². The van der Waals surface area contributed by atoms with E-state index in [1.807, 2.05) is 47.0 Å². The number of nitrogens with one attached hydrogen (secondary N) is 1. The first-order chi connectivity index (χ1) is 15.9. The molecule has 0 spiro atoms. The molecule has 1 aromatic heterocycles. The zero-order chi connectivity index (χ0) is 23.4. The van der Waals surface area contributed by atoms with Crippen molar-refractivity contribution >= 4 is 34.5 Å². The summed E-state index contributed by atoms with van der Waals surface area (Å²) >= 11 is 0. The average molecular weight is 446 g/mol. The number of fused-ring (bicyclic) bond motifs is 1. The van der Waals surface area contributed by atoms with E-state index in [9.17, 15) is 19.2 Å². The average Bonchev–Trinajstić information content (AvgIpc) is 3.37. The lowest BCUT2D eigenvalue weighted by Gasteiger charge is -2.07. The van der Waals surface area contributed by atoms with Crippen molar-refractivity contribution in [2.45, 2.75) is 19.9 Å². The third kappa shape index (κ3) is 5.17. The van der Waals surface area contributed by atoms with Crippen molar-refractivity contribution in [3.05, 3.63) is 83.2 Å². The normalized spacial score (nSPS) is 12.9. The fourth-order valence-electron chi connectivity index (χ4n) is 3.65. The molecule has 0 bridgehead atoms. The summed E-state index contributed by atoms with van der Waals surface area (Å²) in [6.45, 7) is 2.17. The molecular weight excluding hydrogens is 424 g/mol. The van der Waals surface area contributed by atoms with Gasteiger partial charge in [0.15, 0.2) is 0 Å². The maximum atomic E-state index is 12.9. The quantitative estimate of drug-likeness (QED) is 0.324. The Morgan fingerprint density at radius 3 is 2.48 bits per heavy atom. The van der Waals surface area contributed by atoms with Gasteiger partial charge in [-0.1, -0.05) is 42.5 Å². The number of benzene rings is 2. The Hall–Kier alpha value is -4.20. The molecule has 0 fully saturated rings. The summed E-state index contributed by atoms with van der Waals surface area (Å²) < 4.78 is 11.6. The van der Waals surface area contributed by atoms with Gasteiger partial charge in [0.05, 0.1) is 17.9 Å². The largest absolute Gasteiger partial charge is 0.466 e. The molecule has 1 aliphatic heterocycles. The van der Waals surface area contributed by atoms with Crippen LogP contribution in [0.2, 0.25) is 0 Å². The summed E-state index contributed by atoms with van der Waals surface area (Å²) in [6, 6.07) is 15.3. The van der Waals surface area contributed by atoms with Crippen molar-refractivity contribution in [1.82, 2.24) is 9.88 Å². The highest BCUT2D eigenvalue weighted by atomic mass is 16.5. The van der Waals surface area contributed by atoms with Gasteiger partial charge in [0, 0.05) is 43.1 Å². The third-order valence-corrected chi connectivity index (χ3v) is 5.25. The van der Waals surface area contributed by atoms with E-state index in [0.29, 0.717) is 25.0 Å². The highest BCUT2D eigenvalue weighted by Gasteiger charge is 2.24. The summed E-state index contributed by atoms with van der Waals surface area (Å²) in [7, 11) is 0. The van der Waals surface area contributed by atoms with Crippen LogP contribution in [0, 0.1) is 0 Å². The lowest BCUT2D eigenvalue weighted by Crippen LogP contribution is -2.31. The van der Waals surface area contributed by atoms with Crippen LogP contribution in [-0.2, 0) is 36.8 Å². The Balaban J connectivity index is 1.52. The summed E-state index contributed by atoms with van der Waals surface area (Å²) in [5.74, 6) is -2.36. The zero-order valence-electron chi connectivity index (χ0n) is 18.0. The van der Waals surface area contributed by atoms with Gasteiger partial charge in [-0.2, -0.15) is 0 Å². The molecule has 0 radical (unpaired) electrons. The molecule has 0 atom stereocenters. The second-order valence-electron chi connectivity index (χ2n) is 7.65. The number of amides is 1. The number of ketones is 1. The first-order valence-electron chi connectivity index (χ1n) is 10.4. The third-order valence-electron chi connectivity index (χ3n) is 5.25. The van der Waals surface area contributed by atoms with Crippen LogP contribution in [0.5, 0.6) is 0 Å². The number of rotatable bonds is 8. The van der Waals surface area contributed by atoms with Crippen LogP contribution in [0.3, 0.4) is 0 Å². The van der Waals surface area contributed by atoms with Crippen molar-refractivity contribution in [1.29, 1.82) is 0 Å². The summed E-state index contributed by atoms with van der Waals surface area (Å²) in [5, 5.41) is 3.12. The molecule has 3 aromatic rings. The standard InChI is InChI=1S/C25H22N2O6/c1-16(28)32-11-10-17-6-8-18(9-7-17)13-27-14-21(20-4-2-3-5-22(20)27)24(30)25(31)26-19-12-23(29)33-15-19/h2-9,12,14H,10-11,13,15H2,1H3,(H,26,31). The van der Waals surface area contributed by atoms with E-state index in [1.54, 1.807) is 12.3 Å². The molecule has 4 rings (SSSR count). The number of aromatic nitrogens is 1. The fraction of sp³-hybridized carbons (Fsp3) is 0.200. The Morgan fingerprint density at radius 1 is 1.06 bits per heavy atom. The molecule has 8 nitrogen and oxygen atoms in total. The van der Waals surface area contributed by atoms with Crippen LogP contribution in [0.4, 0.5) is 0 Å². The van der Waals surface area contributed by atoms with Gasteiger partial charge in [-0.25, -0.2) is 4.79 Å². The second kappa shape index (κ2) is 9.52. The highest BCUT2D eigenvalue weighted by Crippen LogP contribution is 2.23. The van der Waals surface area contributed by atoms with Gasteiger partial charge in [-0.05, 0) is 17.2 Å². The topological polar surface area (TPSA) is 104 Å². The van der Waals surface area contributed by atoms with Crippen LogP contribution in [0.25, 0.3) is 10.9 Å². The minimum Gasteiger partial charge on any atom is -0.466 e. The zero-order valence-corrected chi connectivity index (χ0v) is 18.0. The summed E-state index contributed by atoms with van der Waals surface area (Å²) in [4.78, 5) is 47.4. The number of carbonyl (C=O) groups is 4. The number of Topliss-reactive ketones (excluding diaryl/α,β-unsaturated/α-hetero) is 1. The summed E-state index contributed by atoms with van der Waals surface area (Å²) in [6.07, 6.45) is 3.46. The van der Waals surface area contributed by atoms with Gasteiger partial charge in [0.1, 0.15) is 6.61 Å². The predicted molar refractivity (Wildman–Crippen MR) is 119 cm³/mol. The van der Waals surface area contributed by atoms with Gasteiger partial charge in [0.2, 0.25) is 0 Å². The number of esters is 2. The van der Waals surface area contributed by atoms with E-state index < -0.39 is 17.7 Å². The molecule has 0 saturated carbocycles. The second-order valence-corrected chi connectivity index (χ2v) is 7.65. The van der Waals surface area contributed by atoms with Crippen LogP contribution in [0.1, 0.15) is 28.4 Å². The highest BCUT2D eigenvalue weighted by molar-refractivity contribution is 6.45. The fourth-order valence-corrected chi connectivity index (χ4v) is 3.65. The molecule has 1 N–H and O–H groups in total. The lowest BCUT2D eigenvalue weighted by molar-refractivity contribution is -0.141. The first kappa shape index (κ1) is 22.0. The molecule has 2 heterocycles. The van der Waals surface area contributed by atoms with Crippen LogP contribution in [0.15, 0.2) is 66.5 Å². The molecular formula is C25H22N2O6. The van der Waals surface area contributed by atoms with E-state index in [1.165, 1.54) is 6.92 Å². The van der Waals surface area contributed by atoms with Crippen LogP contribution < -0.4 is 5.32 Å². The van der Waals surface area contributed by atoms with Crippen molar-refractivity contribution in [3.8, 4) is 0 Å². The number of hydrogen-bond donors (Lipinski definition) is 1. The number of para-hydroxylation sites is 1.